The van der Waals surface area contributed by atoms with Crippen LogP contribution >= 0.6 is 0 Å². The van der Waals surface area contributed by atoms with Gasteiger partial charge in [0.05, 0.1) is 0 Å². The molecule has 0 atom stereocenters. The number of likely N-dealkylation sites (tertiary alicyclic amines) is 1. The van der Waals surface area contributed by atoms with Gasteiger partial charge in [0.2, 0.25) is 17.7 Å². The van der Waals surface area contributed by atoms with Gasteiger partial charge in [-0.2, -0.15) is 0 Å². The number of nitrogens with zero attached hydrogens (tertiary/aromatic N) is 1. The first-order valence-corrected chi connectivity index (χ1v) is 7.32. The first-order valence-electron chi connectivity index (χ1n) is 7.32. The third-order valence-electron chi connectivity index (χ3n) is 3.36. The highest BCUT2D eigenvalue weighted by atomic mass is 16.4. The van der Waals surface area contributed by atoms with E-state index in [1.807, 2.05) is 0 Å². The van der Waals surface area contributed by atoms with E-state index in [1.165, 1.54) is 0 Å². The van der Waals surface area contributed by atoms with Crippen molar-refractivity contribution < 1.29 is 24.3 Å². The number of aliphatic carboxylic acids is 1. The SMILES string of the molecule is O=C(O)CCCCCCNC(=O)CCN1C(=O)CCC1=O. The van der Waals surface area contributed by atoms with E-state index in [-0.39, 0.29) is 49.9 Å². The van der Waals surface area contributed by atoms with Gasteiger partial charge in [-0.05, 0) is 12.8 Å². The van der Waals surface area contributed by atoms with Crippen LogP contribution in [0.2, 0.25) is 0 Å². The molecule has 0 aliphatic carbocycles. The molecule has 7 nitrogen and oxygen atoms in total. The summed E-state index contributed by atoms with van der Waals surface area (Å²) >= 11 is 0. The molecule has 1 rings (SSSR count). The third kappa shape index (κ3) is 6.87. The number of nitrogens with one attached hydrogen (secondary N) is 1. The molecule has 3 amide bonds. The highest BCUT2D eigenvalue weighted by Crippen LogP contribution is 2.11. The largest absolute Gasteiger partial charge is 0.481 e. The summed E-state index contributed by atoms with van der Waals surface area (Å²) in [6.45, 7) is 0.690. The van der Waals surface area contributed by atoms with Crippen LogP contribution in [0.3, 0.4) is 0 Å². The Kier molecular flexibility index (Phi) is 7.42. The molecule has 1 saturated heterocycles. The molecule has 0 unspecified atom stereocenters. The monoisotopic (exact) mass is 298 g/mol. The lowest BCUT2D eigenvalue weighted by atomic mass is 10.1. The Balaban J connectivity index is 2.00. The fourth-order valence-corrected chi connectivity index (χ4v) is 2.16. The summed E-state index contributed by atoms with van der Waals surface area (Å²) < 4.78 is 0. The van der Waals surface area contributed by atoms with E-state index in [9.17, 15) is 19.2 Å². The molecule has 21 heavy (non-hydrogen) atoms. The van der Waals surface area contributed by atoms with Crippen molar-refractivity contribution in [2.45, 2.75) is 51.4 Å². The Morgan fingerprint density at radius 1 is 1.00 bits per heavy atom. The van der Waals surface area contributed by atoms with Gasteiger partial charge in [0.15, 0.2) is 0 Å². The fraction of sp³-hybridized carbons (Fsp3) is 0.714. The molecule has 1 heterocycles. The molecular formula is C14H22N2O5. The van der Waals surface area contributed by atoms with Crippen LogP contribution in [-0.2, 0) is 19.2 Å². The average molecular weight is 298 g/mol. The Morgan fingerprint density at radius 3 is 2.24 bits per heavy atom. The molecule has 0 saturated carbocycles. The zero-order chi connectivity index (χ0) is 15.7. The summed E-state index contributed by atoms with van der Waals surface area (Å²) in [5.74, 6) is -1.36. The number of hydrogen-bond acceptors (Lipinski definition) is 4. The van der Waals surface area contributed by atoms with E-state index < -0.39 is 5.97 Å². The minimum atomic E-state index is -0.783. The van der Waals surface area contributed by atoms with Crippen LogP contribution in [0.25, 0.3) is 0 Å². The van der Waals surface area contributed by atoms with Gasteiger partial charge in [-0.1, -0.05) is 12.8 Å². The number of carboxylic acids is 1. The van der Waals surface area contributed by atoms with Crippen LogP contribution in [0.4, 0.5) is 0 Å². The number of hydrogen-bond donors (Lipinski definition) is 2. The predicted molar refractivity (Wildman–Crippen MR) is 74.3 cm³/mol. The van der Waals surface area contributed by atoms with Crippen LogP contribution in [-0.4, -0.2) is 46.8 Å². The topological polar surface area (TPSA) is 104 Å². The average Bonchev–Trinajstić information content (AvgIpc) is 2.74. The third-order valence-corrected chi connectivity index (χ3v) is 3.36. The number of amides is 3. The minimum Gasteiger partial charge on any atom is -0.481 e. The van der Waals surface area contributed by atoms with Gasteiger partial charge >= 0.3 is 5.97 Å². The number of carbonyl (C=O) groups is 4. The highest BCUT2D eigenvalue weighted by Gasteiger charge is 2.28. The Labute approximate surface area is 123 Å². The molecule has 0 aromatic rings. The molecule has 2 N–H and O–H groups in total. The van der Waals surface area contributed by atoms with Gasteiger partial charge in [-0.15, -0.1) is 0 Å². The van der Waals surface area contributed by atoms with Crippen molar-refractivity contribution >= 4 is 23.7 Å². The quantitative estimate of drug-likeness (QED) is 0.456. The normalized spacial score (nSPS) is 14.6. The molecule has 1 aliphatic heterocycles. The van der Waals surface area contributed by atoms with Gasteiger partial charge in [-0.3, -0.25) is 24.1 Å². The van der Waals surface area contributed by atoms with Gasteiger partial charge in [0.1, 0.15) is 0 Å². The van der Waals surface area contributed by atoms with Gasteiger partial charge < -0.3 is 10.4 Å². The van der Waals surface area contributed by atoms with E-state index >= 15 is 0 Å². The van der Waals surface area contributed by atoms with Crippen LogP contribution in [0.15, 0.2) is 0 Å². The maximum Gasteiger partial charge on any atom is 0.303 e. The van der Waals surface area contributed by atoms with E-state index in [4.69, 9.17) is 5.11 Å². The van der Waals surface area contributed by atoms with Crippen molar-refractivity contribution in [3.8, 4) is 0 Å². The second-order valence-electron chi connectivity index (χ2n) is 5.10. The second kappa shape index (κ2) is 9.10. The summed E-state index contributed by atoms with van der Waals surface area (Å²) in [5, 5.41) is 11.2. The highest BCUT2D eigenvalue weighted by molar-refractivity contribution is 6.02. The van der Waals surface area contributed by atoms with Gasteiger partial charge in [-0.25, -0.2) is 0 Å². The van der Waals surface area contributed by atoms with Crippen molar-refractivity contribution in [1.82, 2.24) is 10.2 Å². The fourth-order valence-electron chi connectivity index (χ4n) is 2.16. The molecule has 0 aromatic carbocycles. The maximum absolute atomic E-state index is 11.6. The van der Waals surface area contributed by atoms with E-state index in [2.05, 4.69) is 5.32 Å². The number of imide groups is 1. The maximum atomic E-state index is 11.6. The molecule has 1 aliphatic rings. The van der Waals surface area contributed by atoms with Crippen molar-refractivity contribution in [3.05, 3.63) is 0 Å². The lowest BCUT2D eigenvalue weighted by Crippen LogP contribution is -2.34. The minimum absolute atomic E-state index is 0.135. The van der Waals surface area contributed by atoms with Crippen molar-refractivity contribution in [2.24, 2.45) is 0 Å². The lowest BCUT2D eigenvalue weighted by molar-refractivity contribution is -0.139. The molecule has 0 bridgehead atoms. The summed E-state index contributed by atoms with van der Waals surface area (Å²) in [6.07, 6.45) is 3.97. The number of unbranched alkanes of at least 4 members (excludes halogenated alkanes) is 3. The van der Waals surface area contributed by atoms with E-state index in [0.717, 1.165) is 24.2 Å². The Morgan fingerprint density at radius 2 is 1.62 bits per heavy atom. The number of rotatable bonds is 10. The predicted octanol–water partition coefficient (Wildman–Crippen LogP) is 0.677. The van der Waals surface area contributed by atoms with Crippen LogP contribution in [0, 0.1) is 0 Å². The summed E-state index contributed by atoms with van der Waals surface area (Å²) in [6, 6.07) is 0. The molecular weight excluding hydrogens is 276 g/mol. The van der Waals surface area contributed by atoms with Crippen molar-refractivity contribution in [2.75, 3.05) is 13.1 Å². The summed E-state index contributed by atoms with van der Waals surface area (Å²) in [4.78, 5) is 45.7. The second-order valence-corrected chi connectivity index (χ2v) is 5.10. The molecule has 1 fully saturated rings. The van der Waals surface area contributed by atoms with E-state index in [0.29, 0.717) is 13.0 Å². The zero-order valence-electron chi connectivity index (χ0n) is 12.1. The lowest BCUT2D eigenvalue weighted by Gasteiger charge is -2.13. The van der Waals surface area contributed by atoms with Crippen LogP contribution in [0.5, 0.6) is 0 Å². The Bertz CT molecular complexity index is 392. The standard InChI is InChI=1S/C14H22N2O5/c17-11(8-10-16-12(18)6-7-13(16)19)15-9-4-2-1-3-5-14(20)21/h1-10H2,(H,15,17)(H,20,21). The molecule has 0 aromatic heterocycles. The zero-order valence-corrected chi connectivity index (χ0v) is 12.1. The smallest absolute Gasteiger partial charge is 0.303 e. The summed E-state index contributed by atoms with van der Waals surface area (Å²) in [7, 11) is 0. The molecule has 7 heteroatoms. The molecule has 0 radical (unpaired) electrons. The first kappa shape index (κ1) is 17.1. The number of carbonyl (C=O) groups excluding carboxylic acids is 3. The summed E-state index contributed by atoms with van der Waals surface area (Å²) in [5.41, 5.74) is 0. The Hall–Kier alpha value is -1.92. The molecule has 118 valence electrons. The van der Waals surface area contributed by atoms with Gasteiger partial charge in [0.25, 0.3) is 0 Å². The van der Waals surface area contributed by atoms with Crippen molar-refractivity contribution in [3.63, 3.8) is 0 Å². The van der Waals surface area contributed by atoms with E-state index in [1.54, 1.807) is 0 Å². The number of carboxylic acid groups (broad SMARTS) is 1. The van der Waals surface area contributed by atoms with Crippen LogP contribution in [0.1, 0.15) is 51.4 Å². The van der Waals surface area contributed by atoms with Gasteiger partial charge in [0, 0.05) is 38.8 Å². The van der Waals surface area contributed by atoms with Crippen molar-refractivity contribution in [1.29, 1.82) is 0 Å². The molecule has 0 spiro atoms. The van der Waals surface area contributed by atoms with Crippen LogP contribution < -0.4 is 5.32 Å². The first-order chi connectivity index (χ1) is 10.0.